The van der Waals surface area contributed by atoms with Crippen LogP contribution in [-0.4, -0.2) is 44.9 Å². The summed E-state index contributed by atoms with van der Waals surface area (Å²) in [5, 5.41) is 4.60. The van der Waals surface area contributed by atoms with Gasteiger partial charge in [0.15, 0.2) is 10.4 Å². The Bertz CT molecular complexity index is 646. The lowest BCUT2D eigenvalue weighted by molar-refractivity contribution is 0.269. The molecule has 2 rings (SSSR count). The van der Waals surface area contributed by atoms with Crippen molar-refractivity contribution in [2.45, 2.75) is 40.3 Å². The van der Waals surface area contributed by atoms with Crippen molar-refractivity contribution in [2.24, 2.45) is 5.92 Å². The third-order valence-corrected chi connectivity index (χ3v) is 4.03. The summed E-state index contributed by atoms with van der Waals surface area (Å²) < 4.78 is 5.09. The van der Waals surface area contributed by atoms with E-state index in [4.69, 9.17) is 12.2 Å². The molecule has 112 valence electrons. The third-order valence-electron chi connectivity index (χ3n) is 3.73. The molecule has 0 saturated heterocycles. The van der Waals surface area contributed by atoms with E-state index in [0.717, 1.165) is 34.7 Å². The van der Waals surface area contributed by atoms with Gasteiger partial charge in [0.05, 0.1) is 11.7 Å². The summed E-state index contributed by atoms with van der Waals surface area (Å²) in [7, 11) is 4.20. The lowest BCUT2D eigenvalue weighted by atomic mass is 10.0. The van der Waals surface area contributed by atoms with Gasteiger partial charge in [-0.05, 0) is 46.1 Å². The minimum absolute atomic E-state index is 0.340. The molecule has 0 fully saturated rings. The number of hydrogen-bond acceptors (Lipinski definition) is 3. The Labute approximate surface area is 125 Å². The van der Waals surface area contributed by atoms with Gasteiger partial charge in [0.2, 0.25) is 0 Å². The number of aromatic nitrogens is 4. The number of nitrogens with one attached hydrogen (secondary N) is 1. The highest BCUT2D eigenvalue weighted by Gasteiger charge is 2.23. The number of aryl methyl sites for hydroxylation is 2. The van der Waals surface area contributed by atoms with Crippen LogP contribution in [0.15, 0.2) is 0 Å². The summed E-state index contributed by atoms with van der Waals surface area (Å²) in [5.74, 6) is 0.503. The zero-order chi connectivity index (χ0) is 15.0. The molecule has 20 heavy (non-hydrogen) atoms. The van der Waals surface area contributed by atoms with Gasteiger partial charge < -0.3 is 9.88 Å². The highest BCUT2D eigenvalue weighted by Crippen LogP contribution is 2.26. The number of likely N-dealkylation sites (N-methyl/N-ethyl adjacent to an activating group) is 1. The topological polar surface area (TPSA) is 41.8 Å². The average Bonchev–Trinajstić information content (AvgIpc) is 2.83. The largest absolute Gasteiger partial charge is 0.328 e. The third kappa shape index (κ3) is 2.54. The Hall–Kier alpha value is -1.14. The van der Waals surface area contributed by atoms with E-state index in [-0.39, 0.29) is 0 Å². The molecule has 1 unspecified atom stereocenters. The number of rotatable bonds is 5. The Morgan fingerprint density at radius 1 is 1.35 bits per heavy atom. The maximum absolute atomic E-state index is 5.57. The Morgan fingerprint density at radius 3 is 2.50 bits per heavy atom. The fourth-order valence-corrected chi connectivity index (χ4v) is 3.04. The molecule has 1 N–H and O–H groups in total. The normalized spacial score (nSPS) is 13.8. The second kappa shape index (κ2) is 5.69. The number of fused-ring (bicyclic) bond motifs is 1. The molecule has 0 radical (unpaired) electrons. The van der Waals surface area contributed by atoms with Gasteiger partial charge in [0.25, 0.3) is 0 Å². The first-order chi connectivity index (χ1) is 9.36. The molecule has 0 aliphatic heterocycles. The van der Waals surface area contributed by atoms with Crippen LogP contribution >= 0.6 is 12.2 Å². The SMILES string of the molecule is CCn1nc(C)c2[nH]c(=S)n(C(CN(C)C)C(C)C)c21. The summed E-state index contributed by atoms with van der Waals surface area (Å²) in [4.78, 5) is 5.55. The van der Waals surface area contributed by atoms with Crippen LogP contribution in [0.5, 0.6) is 0 Å². The van der Waals surface area contributed by atoms with Gasteiger partial charge in [-0.15, -0.1) is 0 Å². The van der Waals surface area contributed by atoms with E-state index in [2.05, 4.69) is 54.4 Å². The van der Waals surface area contributed by atoms with Gasteiger partial charge >= 0.3 is 0 Å². The van der Waals surface area contributed by atoms with Crippen LogP contribution < -0.4 is 0 Å². The molecule has 0 amide bonds. The number of nitrogens with zero attached hydrogens (tertiary/aromatic N) is 4. The molecule has 0 aliphatic rings. The van der Waals surface area contributed by atoms with Gasteiger partial charge in [-0.25, -0.2) is 4.68 Å². The van der Waals surface area contributed by atoms with Crippen molar-refractivity contribution in [1.29, 1.82) is 0 Å². The Morgan fingerprint density at radius 2 is 2.00 bits per heavy atom. The van der Waals surface area contributed by atoms with E-state index in [0.29, 0.717) is 12.0 Å². The van der Waals surface area contributed by atoms with E-state index in [9.17, 15) is 0 Å². The maximum atomic E-state index is 5.57. The molecule has 5 nitrogen and oxygen atoms in total. The molecule has 2 aromatic rings. The summed E-state index contributed by atoms with van der Waals surface area (Å²) in [6, 6.07) is 0.340. The van der Waals surface area contributed by atoms with Crippen molar-refractivity contribution in [3.63, 3.8) is 0 Å². The molecule has 0 saturated carbocycles. The van der Waals surface area contributed by atoms with Crippen molar-refractivity contribution in [1.82, 2.24) is 24.2 Å². The maximum Gasteiger partial charge on any atom is 0.179 e. The minimum atomic E-state index is 0.340. The van der Waals surface area contributed by atoms with Crippen molar-refractivity contribution in [3.8, 4) is 0 Å². The number of hydrogen-bond donors (Lipinski definition) is 1. The molecular formula is C14H25N5S. The first kappa shape index (κ1) is 15.3. The smallest absolute Gasteiger partial charge is 0.179 e. The fraction of sp³-hybridized carbons (Fsp3) is 0.714. The summed E-state index contributed by atoms with van der Waals surface area (Å²) >= 11 is 5.57. The predicted molar refractivity (Wildman–Crippen MR) is 85.7 cm³/mol. The number of imidazole rings is 1. The second-order valence-electron chi connectivity index (χ2n) is 5.97. The highest BCUT2D eigenvalue weighted by molar-refractivity contribution is 7.71. The van der Waals surface area contributed by atoms with Crippen LogP contribution in [0.3, 0.4) is 0 Å². The van der Waals surface area contributed by atoms with Crippen LogP contribution in [0.1, 0.15) is 32.5 Å². The minimum Gasteiger partial charge on any atom is -0.328 e. The molecule has 1 atom stereocenters. The first-order valence-corrected chi connectivity index (χ1v) is 7.60. The summed E-state index contributed by atoms with van der Waals surface area (Å²) in [6.45, 7) is 10.4. The molecule has 0 bridgehead atoms. The second-order valence-corrected chi connectivity index (χ2v) is 6.36. The Kier molecular flexibility index (Phi) is 4.34. The molecule has 0 aliphatic carbocycles. The molecule has 2 aromatic heterocycles. The van der Waals surface area contributed by atoms with Crippen LogP contribution in [0.2, 0.25) is 0 Å². The summed E-state index contributed by atoms with van der Waals surface area (Å²) in [5.41, 5.74) is 3.20. The molecule has 6 heteroatoms. The van der Waals surface area contributed by atoms with E-state index in [1.807, 2.05) is 11.6 Å². The van der Waals surface area contributed by atoms with Crippen molar-refractivity contribution in [3.05, 3.63) is 10.5 Å². The lowest BCUT2D eigenvalue weighted by Crippen LogP contribution is -2.28. The van der Waals surface area contributed by atoms with Crippen LogP contribution in [0.25, 0.3) is 11.2 Å². The monoisotopic (exact) mass is 295 g/mol. The van der Waals surface area contributed by atoms with Crippen molar-refractivity contribution < 1.29 is 0 Å². The lowest BCUT2D eigenvalue weighted by Gasteiger charge is -2.26. The molecular weight excluding hydrogens is 270 g/mol. The first-order valence-electron chi connectivity index (χ1n) is 7.19. The summed E-state index contributed by atoms with van der Waals surface area (Å²) in [6.07, 6.45) is 0. The van der Waals surface area contributed by atoms with Crippen LogP contribution in [0, 0.1) is 17.6 Å². The van der Waals surface area contributed by atoms with Crippen LogP contribution in [-0.2, 0) is 6.54 Å². The zero-order valence-corrected chi connectivity index (χ0v) is 14.1. The number of H-pyrrole nitrogens is 1. The van der Waals surface area contributed by atoms with Gasteiger partial charge in [-0.3, -0.25) is 4.57 Å². The Balaban J connectivity index is 2.67. The molecule has 0 spiro atoms. The zero-order valence-electron chi connectivity index (χ0n) is 13.3. The van der Waals surface area contributed by atoms with Gasteiger partial charge in [-0.1, -0.05) is 13.8 Å². The van der Waals surface area contributed by atoms with Gasteiger partial charge in [0.1, 0.15) is 5.52 Å². The van der Waals surface area contributed by atoms with E-state index < -0.39 is 0 Å². The van der Waals surface area contributed by atoms with Crippen molar-refractivity contribution >= 4 is 23.4 Å². The standard InChI is InChI=1S/C14H25N5S/c1-7-18-13-12(10(4)16-18)15-14(20)19(13)11(9(2)3)8-17(5)6/h9,11H,7-8H2,1-6H3,(H,15,20). The predicted octanol–water partition coefficient (Wildman–Crippen LogP) is 2.98. The van der Waals surface area contributed by atoms with Crippen LogP contribution in [0.4, 0.5) is 0 Å². The molecule has 2 heterocycles. The van der Waals surface area contributed by atoms with Gasteiger partial charge in [-0.2, -0.15) is 5.10 Å². The van der Waals surface area contributed by atoms with Crippen molar-refractivity contribution in [2.75, 3.05) is 20.6 Å². The highest BCUT2D eigenvalue weighted by atomic mass is 32.1. The number of aromatic amines is 1. The quantitative estimate of drug-likeness (QED) is 0.862. The average molecular weight is 295 g/mol. The van der Waals surface area contributed by atoms with E-state index in [1.54, 1.807) is 0 Å². The fourth-order valence-electron chi connectivity index (χ4n) is 2.72. The van der Waals surface area contributed by atoms with E-state index in [1.165, 1.54) is 0 Å². The van der Waals surface area contributed by atoms with E-state index >= 15 is 0 Å². The molecule has 0 aromatic carbocycles. The van der Waals surface area contributed by atoms with Gasteiger partial charge in [0, 0.05) is 13.1 Å².